The SMILES string of the molecule is N#CC(=[N+]=[N-])C(=O)OC/C=C/c1ccccc1. The first-order valence-corrected chi connectivity index (χ1v) is 4.79. The summed E-state index contributed by atoms with van der Waals surface area (Å²) < 4.78 is 4.67. The van der Waals surface area contributed by atoms with E-state index in [4.69, 9.17) is 10.8 Å². The number of hydrogen-bond donors (Lipinski definition) is 0. The second kappa shape index (κ2) is 6.72. The maximum absolute atomic E-state index is 11.0. The van der Waals surface area contributed by atoms with Crippen molar-refractivity contribution in [2.24, 2.45) is 0 Å². The summed E-state index contributed by atoms with van der Waals surface area (Å²) in [5.41, 5.74) is 8.58. The third-order valence-electron chi connectivity index (χ3n) is 1.82. The summed E-state index contributed by atoms with van der Waals surface area (Å²) in [4.78, 5) is 13.5. The third-order valence-corrected chi connectivity index (χ3v) is 1.82. The Morgan fingerprint density at radius 3 is 2.76 bits per heavy atom. The van der Waals surface area contributed by atoms with Gasteiger partial charge in [-0.1, -0.05) is 36.4 Å². The maximum Gasteiger partial charge on any atom is 0.475 e. The van der Waals surface area contributed by atoms with Crippen molar-refractivity contribution in [2.75, 3.05) is 6.61 Å². The zero-order valence-electron chi connectivity index (χ0n) is 8.91. The fraction of sp³-hybridized carbons (Fsp3) is 0.0833. The molecule has 0 N–H and O–H groups in total. The van der Waals surface area contributed by atoms with E-state index in [0.29, 0.717) is 0 Å². The standard InChI is InChI=1S/C12H9N3O2/c13-9-11(15-14)12(16)17-8-4-7-10-5-2-1-3-6-10/h1-7H,8H2/b7-4+. The van der Waals surface area contributed by atoms with Crippen LogP contribution < -0.4 is 0 Å². The number of esters is 1. The number of nitriles is 1. The van der Waals surface area contributed by atoms with Gasteiger partial charge in [-0.3, -0.25) is 0 Å². The van der Waals surface area contributed by atoms with Gasteiger partial charge in [-0.15, -0.1) is 4.79 Å². The van der Waals surface area contributed by atoms with Gasteiger partial charge in [0, 0.05) is 0 Å². The molecule has 5 nitrogen and oxygen atoms in total. The lowest BCUT2D eigenvalue weighted by molar-refractivity contribution is -0.138. The molecule has 5 heteroatoms. The Bertz CT molecular complexity index is 508. The molecular formula is C12H9N3O2. The highest BCUT2D eigenvalue weighted by atomic mass is 16.5. The fourth-order valence-electron chi connectivity index (χ4n) is 1.05. The Morgan fingerprint density at radius 2 is 2.18 bits per heavy atom. The minimum atomic E-state index is -0.951. The van der Waals surface area contributed by atoms with Crippen molar-refractivity contribution in [3.8, 4) is 6.07 Å². The molecule has 0 fully saturated rings. The van der Waals surface area contributed by atoms with Crippen LogP contribution in [0, 0.1) is 11.3 Å². The molecule has 0 aromatic heterocycles. The molecule has 17 heavy (non-hydrogen) atoms. The molecule has 0 atom stereocenters. The number of rotatable bonds is 4. The summed E-state index contributed by atoms with van der Waals surface area (Å²) in [6.45, 7) is 0.00836. The molecule has 0 aliphatic heterocycles. The maximum atomic E-state index is 11.0. The number of carbonyl (C=O) groups is 1. The predicted molar refractivity (Wildman–Crippen MR) is 60.7 cm³/mol. The first kappa shape index (κ1) is 12.4. The number of hydrogen-bond acceptors (Lipinski definition) is 3. The van der Waals surface area contributed by atoms with Gasteiger partial charge in [0.05, 0.1) is 0 Å². The highest BCUT2D eigenvalue weighted by Gasteiger charge is 2.20. The van der Waals surface area contributed by atoms with Crippen molar-refractivity contribution in [2.45, 2.75) is 0 Å². The van der Waals surface area contributed by atoms with E-state index < -0.39 is 11.7 Å². The Labute approximate surface area is 98.2 Å². The van der Waals surface area contributed by atoms with Crippen molar-refractivity contribution in [1.82, 2.24) is 0 Å². The average molecular weight is 227 g/mol. The van der Waals surface area contributed by atoms with Crippen molar-refractivity contribution in [1.29, 1.82) is 5.26 Å². The lowest BCUT2D eigenvalue weighted by Gasteiger charge is -1.94. The normalized spacial score (nSPS) is 9.35. The van der Waals surface area contributed by atoms with Crippen molar-refractivity contribution < 1.29 is 14.3 Å². The largest absolute Gasteiger partial charge is 0.475 e. The lowest BCUT2D eigenvalue weighted by Crippen LogP contribution is -2.16. The van der Waals surface area contributed by atoms with Crippen LogP contribution in [0.4, 0.5) is 0 Å². The van der Waals surface area contributed by atoms with Crippen LogP contribution in [0.2, 0.25) is 0 Å². The van der Waals surface area contributed by atoms with Gasteiger partial charge < -0.3 is 10.3 Å². The van der Waals surface area contributed by atoms with Crippen LogP contribution in [0.5, 0.6) is 0 Å². The van der Waals surface area contributed by atoms with Crippen LogP contribution in [0.25, 0.3) is 11.6 Å². The fourth-order valence-corrected chi connectivity index (χ4v) is 1.05. The van der Waals surface area contributed by atoms with E-state index in [0.717, 1.165) is 5.56 Å². The zero-order chi connectivity index (χ0) is 12.5. The van der Waals surface area contributed by atoms with E-state index in [9.17, 15) is 4.79 Å². The summed E-state index contributed by atoms with van der Waals surface area (Å²) in [6, 6.07) is 10.9. The van der Waals surface area contributed by atoms with Crippen LogP contribution in [0.15, 0.2) is 36.4 Å². The van der Waals surface area contributed by atoms with Crippen molar-refractivity contribution in [3.05, 3.63) is 47.5 Å². The second-order valence-electron chi connectivity index (χ2n) is 2.97. The number of nitrogens with zero attached hydrogens (tertiary/aromatic N) is 3. The summed E-state index contributed by atoms with van der Waals surface area (Å²) in [5.74, 6) is -0.951. The molecular weight excluding hydrogens is 218 g/mol. The number of benzene rings is 1. The molecule has 0 unspecified atom stereocenters. The molecule has 0 bridgehead atoms. The molecule has 84 valence electrons. The molecule has 0 radical (unpaired) electrons. The van der Waals surface area contributed by atoms with Crippen LogP contribution in [-0.4, -0.2) is 23.1 Å². The van der Waals surface area contributed by atoms with Gasteiger partial charge in [0.1, 0.15) is 6.61 Å². The van der Waals surface area contributed by atoms with Gasteiger partial charge in [0.25, 0.3) is 0 Å². The van der Waals surface area contributed by atoms with E-state index >= 15 is 0 Å². The van der Waals surface area contributed by atoms with Crippen molar-refractivity contribution in [3.63, 3.8) is 0 Å². The van der Waals surface area contributed by atoms with E-state index in [1.807, 2.05) is 30.3 Å². The summed E-state index contributed by atoms with van der Waals surface area (Å²) >= 11 is 0. The van der Waals surface area contributed by atoms with Crippen LogP contribution in [-0.2, 0) is 9.53 Å². The third kappa shape index (κ3) is 4.12. The Morgan fingerprint density at radius 1 is 1.47 bits per heavy atom. The summed E-state index contributed by atoms with van der Waals surface area (Å²) in [7, 11) is 0. The Hall–Kier alpha value is -2.70. The molecule has 0 heterocycles. The molecule has 0 saturated carbocycles. The molecule has 0 aliphatic carbocycles. The van der Waals surface area contributed by atoms with Crippen LogP contribution in [0.3, 0.4) is 0 Å². The molecule has 0 aliphatic rings. The quantitative estimate of drug-likeness (QED) is 0.337. The first-order chi connectivity index (χ1) is 8.27. The smallest absolute Gasteiger partial charge is 0.452 e. The van der Waals surface area contributed by atoms with Gasteiger partial charge >= 0.3 is 11.7 Å². The highest BCUT2D eigenvalue weighted by molar-refractivity contribution is 6.40. The van der Waals surface area contributed by atoms with Gasteiger partial charge in [-0.25, -0.2) is 4.79 Å². The monoisotopic (exact) mass is 227 g/mol. The average Bonchev–Trinajstić information content (AvgIpc) is 2.37. The van der Waals surface area contributed by atoms with Gasteiger partial charge in [-0.05, 0) is 11.6 Å². The van der Waals surface area contributed by atoms with Gasteiger partial charge in [-0.2, -0.15) is 5.26 Å². The zero-order valence-corrected chi connectivity index (χ0v) is 8.91. The minimum Gasteiger partial charge on any atom is -0.452 e. The molecule has 1 aromatic rings. The summed E-state index contributed by atoms with van der Waals surface area (Å²) in [5, 5.41) is 8.37. The first-order valence-electron chi connectivity index (χ1n) is 4.79. The Balaban J connectivity index is 2.44. The summed E-state index contributed by atoms with van der Waals surface area (Å²) in [6.07, 6.45) is 3.40. The van der Waals surface area contributed by atoms with E-state index in [1.165, 1.54) is 6.07 Å². The molecule has 1 aromatic carbocycles. The lowest BCUT2D eigenvalue weighted by atomic mass is 10.2. The number of ether oxygens (including phenoxy) is 1. The van der Waals surface area contributed by atoms with E-state index in [2.05, 4.69) is 9.53 Å². The van der Waals surface area contributed by atoms with E-state index in [-0.39, 0.29) is 6.61 Å². The van der Waals surface area contributed by atoms with Crippen LogP contribution >= 0.6 is 0 Å². The highest BCUT2D eigenvalue weighted by Crippen LogP contribution is 2.00. The Kier molecular flexibility index (Phi) is 4.89. The van der Waals surface area contributed by atoms with Gasteiger partial charge in [0.15, 0.2) is 6.07 Å². The van der Waals surface area contributed by atoms with Crippen LogP contribution in [0.1, 0.15) is 5.56 Å². The molecule has 0 saturated heterocycles. The van der Waals surface area contributed by atoms with E-state index in [1.54, 1.807) is 12.2 Å². The molecule has 0 spiro atoms. The minimum absolute atomic E-state index is 0.00836. The van der Waals surface area contributed by atoms with Gasteiger partial charge in [0.2, 0.25) is 0 Å². The molecule has 1 rings (SSSR count). The van der Waals surface area contributed by atoms with Crippen molar-refractivity contribution >= 4 is 17.8 Å². The molecule has 0 amide bonds. The predicted octanol–water partition coefficient (Wildman–Crippen LogP) is 1.44. The topological polar surface area (TPSA) is 86.5 Å². The second-order valence-corrected chi connectivity index (χ2v) is 2.97. The number of carbonyl (C=O) groups excluding carboxylic acids is 1.